The van der Waals surface area contributed by atoms with E-state index in [1.54, 1.807) is 114 Å². The van der Waals surface area contributed by atoms with E-state index in [-0.39, 0.29) is 31.0 Å². The van der Waals surface area contributed by atoms with Crippen molar-refractivity contribution in [2.24, 2.45) is 0 Å². The Morgan fingerprint density at radius 2 is 1.41 bits per heavy atom. The second-order valence-corrected chi connectivity index (χ2v) is 20.7. The third-order valence-electron chi connectivity index (χ3n) is 13.2. The van der Waals surface area contributed by atoms with Crippen LogP contribution in [0.4, 0.5) is 0 Å². The normalized spacial score (nSPS) is 22.5. The van der Waals surface area contributed by atoms with Crippen molar-refractivity contribution in [3.63, 3.8) is 0 Å². The van der Waals surface area contributed by atoms with Gasteiger partial charge in [0.25, 0.3) is 0 Å². The van der Waals surface area contributed by atoms with Gasteiger partial charge in [0, 0.05) is 32.8 Å². The first-order chi connectivity index (χ1) is 38.7. The van der Waals surface area contributed by atoms with Crippen molar-refractivity contribution in [1.29, 1.82) is 0 Å². The fourth-order valence-electron chi connectivity index (χ4n) is 9.65. The number of carboxylic acid groups (broad SMARTS) is 1. The first-order valence-electron chi connectivity index (χ1n) is 27.1. The third-order valence-corrected chi connectivity index (χ3v) is 13.2. The van der Waals surface area contributed by atoms with Crippen molar-refractivity contribution in [2.45, 2.75) is 153 Å². The van der Waals surface area contributed by atoms with Gasteiger partial charge in [-0.15, -0.1) is 0 Å². The maximum Gasteiger partial charge on any atom is 0.342 e. The number of carbonyl (C=O) groups is 4. The topological polar surface area (TPSA) is 229 Å². The molecule has 0 amide bonds. The number of hydrogen-bond acceptors (Lipinski definition) is 18. The van der Waals surface area contributed by atoms with E-state index < -0.39 is 78.2 Å². The summed E-state index contributed by atoms with van der Waals surface area (Å²) in [6.45, 7) is 10.6. The maximum atomic E-state index is 13.4. The summed E-state index contributed by atoms with van der Waals surface area (Å²) in [6, 6.07) is 24.2. The number of aliphatic hydroxyl groups is 1. The van der Waals surface area contributed by atoms with Gasteiger partial charge >= 0.3 is 23.9 Å². The SMILES string of the molecule is COCOc1cc(OC)cc(CCC[C@@H]2OC(C)(C)OC2C(/C=C\C[C@H](C)O)OC(=O)c2ccccc2)c1C(=O)O.COCOc1cc(OC)cc2c1C(=O)OC(C)C/C=C\C(OC(=O)c1ccccc1)C1OC(C)(C)O[C@H]1CCC2. The third kappa shape index (κ3) is 18.6. The van der Waals surface area contributed by atoms with Crippen LogP contribution in [0, 0.1) is 0 Å². The summed E-state index contributed by atoms with van der Waals surface area (Å²) >= 11 is 0. The maximum absolute atomic E-state index is 13.4. The van der Waals surface area contributed by atoms with Gasteiger partial charge in [-0.1, -0.05) is 48.6 Å². The van der Waals surface area contributed by atoms with Crippen molar-refractivity contribution in [2.75, 3.05) is 42.0 Å². The Kier molecular flexibility index (Phi) is 23.7. The summed E-state index contributed by atoms with van der Waals surface area (Å²) in [7, 11) is 6.02. The lowest BCUT2D eigenvalue weighted by atomic mass is 9.96. The van der Waals surface area contributed by atoms with E-state index in [2.05, 4.69) is 0 Å². The van der Waals surface area contributed by atoms with Gasteiger partial charge in [0.05, 0.1) is 43.7 Å². The molecule has 81 heavy (non-hydrogen) atoms. The standard InChI is InChI=1S/C31H40O10.C31H38O9/c1-20(32)11-9-15-24(39-30(35)21-12-7-6-8-13-21)28-25(40-31(2,3)41-28)16-10-14-22-17-23(37-5)18-26(38-19-36-4)27(22)29(33)34;1-20-11-9-15-24(38-29(32)21-12-7-6-8-13-21)28-25(39-31(2,3)40-28)16-10-14-22-17-23(35-5)18-26(36-19-34-4)27(22)30(33)37-20/h6-9,12-13,15,17-18,20,24-25,28,32H,10-11,14,16,19H2,1-5H3,(H,33,34);6-9,12-13,15,17-18,20,24-25,28H,10-11,14,16,19H2,1-5H3/b2*15-9-/t20-,24?,25-,28?;20?,24?,25-,28?/m00/s1. The molecule has 4 aromatic rings. The summed E-state index contributed by atoms with van der Waals surface area (Å²) in [6.07, 6.45) is 6.61. The van der Waals surface area contributed by atoms with Crippen LogP contribution in [0.5, 0.6) is 23.0 Å². The van der Waals surface area contributed by atoms with Crippen molar-refractivity contribution in [3.8, 4) is 23.0 Å². The summed E-state index contributed by atoms with van der Waals surface area (Å²) < 4.78 is 74.8. The predicted octanol–water partition coefficient (Wildman–Crippen LogP) is 10.0. The molecule has 4 aromatic carbocycles. The van der Waals surface area contributed by atoms with Crippen LogP contribution in [0.3, 0.4) is 0 Å². The largest absolute Gasteiger partial charge is 0.497 e. The van der Waals surface area contributed by atoms with E-state index >= 15 is 0 Å². The van der Waals surface area contributed by atoms with Gasteiger partial charge in [-0.05, 0) is 146 Å². The number of fused-ring (bicyclic) bond motifs is 2. The molecule has 2 N–H and O–H groups in total. The van der Waals surface area contributed by atoms with E-state index in [9.17, 15) is 29.4 Å². The van der Waals surface area contributed by atoms with Crippen LogP contribution in [-0.2, 0) is 55.5 Å². The Bertz CT molecular complexity index is 2740. The number of cyclic esters (lactones) is 1. The number of methoxy groups -OCH3 is 4. The van der Waals surface area contributed by atoms with Crippen LogP contribution in [-0.4, -0.2) is 137 Å². The zero-order chi connectivity index (χ0) is 58.7. The van der Waals surface area contributed by atoms with Crippen LogP contribution < -0.4 is 18.9 Å². The molecular formula is C62H78O19. The molecule has 440 valence electrons. The Morgan fingerprint density at radius 1 is 0.790 bits per heavy atom. The van der Waals surface area contributed by atoms with E-state index in [0.717, 1.165) is 5.56 Å². The fraction of sp³-hybridized carbons (Fsp3) is 0.484. The molecule has 19 nitrogen and oxygen atoms in total. The molecule has 7 rings (SSSR count). The van der Waals surface area contributed by atoms with Crippen LogP contribution in [0.25, 0.3) is 0 Å². The lowest BCUT2D eigenvalue weighted by molar-refractivity contribution is -0.153. The Hall–Kier alpha value is -6.84. The quantitative estimate of drug-likeness (QED) is 0.0342. The van der Waals surface area contributed by atoms with E-state index in [1.807, 2.05) is 38.1 Å². The summed E-state index contributed by atoms with van der Waals surface area (Å²) in [5.41, 5.74) is 2.52. The monoisotopic (exact) mass is 1130 g/mol. The highest BCUT2D eigenvalue weighted by Crippen LogP contribution is 2.38. The van der Waals surface area contributed by atoms with Crippen LogP contribution in [0.1, 0.15) is 133 Å². The van der Waals surface area contributed by atoms with Crippen molar-refractivity contribution in [1.82, 2.24) is 0 Å². The lowest BCUT2D eigenvalue weighted by Gasteiger charge is -2.25. The highest BCUT2D eigenvalue weighted by Gasteiger charge is 2.47. The van der Waals surface area contributed by atoms with Crippen molar-refractivity contribution in [3.05, 3.63) is 143 Å². The highest BCUT2D eigenvalue weighted by atomic mass is 16.8. The van der Waals surface area contributed by atoms with E-state index in [4.69, 9.17) is 61.6 Å². The highest BCUT2D eigenvalue weighted by molar-refractivity contribution is 5.95. The van der Waals surface area contributed by atoms with Gasteiger partial charge in [-0.25, -0.2) is 19.2 Å². The molecule has 0 saturated carbocycles. The first-order valence-corrected chi connectivity index (χ1v) is 27.1. The van der Waals surface area contributed by atoms with Gasteiger partial charge in [0.2, 0.25) is 0 Å². The Balaban J connectivity index is 0.000000261. The molecule has 0 aromatic heterocycles. The molecule has 5 unspecified atom stereocenters. The predicted molar refractivity (Wildman–Crippen MR) is 297 cm³/mol. The molecule has 0 aliphatic carbocycles. The number of aliphatic hydroxyl groups excluding tert-OH is 1. The van der Waals surface area contributed by atoms with Gasteiger partial charge in [0.15, 0.2) is 25.2 Å². The minimum atomic E-state index is -1.12. The number of aryl methyl sites for hydroxylation is 2. The first kappa shape index (κ1) is 63.3. The summed E-state index contributed by atoms with van der Waals surface area (Å²) in [5.74, 6) is -2.85. The molecule has 0 bridgehead atoms. The second kappa shape index (κ2) is 30.3. The van der Waals surface area contributed by atoms with Crippen LogP contribution >= 0.6 is 0 Å². The van der Waals surface area contributed by atoms with Gasteiger partial charge in [0.1, 0.15) is 64.6 Å². The fourth-order valence-corrected chi connectivity index (χ4v) is 9.65. The number of benzene rings is 4. The minimum absolute atomic E-state index is 0.0295. The zero-order valence-corrected chi connectivity index (χ0v) is 47.9. The Labute approximate surface area is 474 Å². The number of aromatic carboxylic acids is 1. The molecule has 3 aliphatic heterocycles. The van der Waals surface area contributed by atoms with Gasteiger partial charge < -0.3 is 71.8 Å². The lowest BCUT2D eigenvalue weighted by Crippen LogP contribution is -2.38. The van der Waals surface area contributed by atoms with Crippen LogP contribution in [0.15, 0.2) is 109 Å². The van der Waals surface area contributed by atoms with E-state index in [0.29, 0.717) is 90.9 Å². The summed E-state index contributed by atoms with van der Waals surface area (Å²) in [4.78, 5) is 51.5. The average Bonchev–Trinajstić information content (AvgIpc) is 3.94. The molecule has 0 spiro atoms. The molecule has 0 radical (unpaired) electrons. The molecule has 2 fully saturated rings. The molecule has 2 saturated heterocycles. The van der Waals surface area contributed by atoms with Gasteiger partial charge in [-0.2, -0.15) is 0 Å². The van der Waals surface area contributed by atoms with Crippen molar-refractivity contribution < 1.29 is 91.0 Å². The summed E-state index contributed by atoms with van der Waals surface area (Å²) in [5, 5.41) is 19.7. The van der Waals surface area contributed by atoms with Crippen molar-refractivity contribution >= 4 is 23.9 Å². The molecule has 3 heterocycles. The Morgan fingerprint density at radius 3 is 2.04 bits per heavy atom. The second-order valence-electron chi connectivity index (χ2n) is 20.7. The van der Waals surface area contributed by atoms with Crippen LogP contribution in [0.2, 0.25) is 0 Å². The van der Waals surface area contributed by atoms with E-state index in [1.165, 1.54) is 27.4 Å². The number of carbonyl (C=O) groups excluding carboxylic acids is 3. The minimum Gasteiger partial charge on any atom is -0.497 e. The molecule has 19 heteroatoms. The zero-order valence-electron chi connectivity index (χ0n) is 47.9. The van der Waals surface area contributed by atoms with Gasteiger partial charge in [-0.3, -0.25) is 0 Å². The number of carboxylic acids is 1. The average molecular weight is 1130 g/mol. The molecule has 8 atom stereocenters. The smallest absolute Gasteiger partial charge is 0.342 e. The molecule has 3 aliphatic rings. The molecular weight excluding hydrogens is 1050 g/mol. The number of ether oxygens (including phenoxy) is 13. The number of hydrogen-bond donors (Lipinski definition) is 2. The number of esters is 3. The number of rotatable bonds is 21.